The maximum absolute atomic E-state index is 13.8. The average Bonchev–Trinajstić information content (AvgIpc) is 3.86. The minimum Gasteiger partial charge on any atom is -0.496 e. The molecule has 2 aliphatic heterocycles. The molecule has 0 radical (unpaired) electrons. The van der Waals surface area contributed by atoms with E-state index in [1.54, 1.807) is 37.4 Å². The Balaban J connectivity index is 0.996. The van der Waals surface area contributed by atoms with E-state index in [-0.39, 0.29) is 29.0 Å². The van der Waals surface area contributed by atoms with Crippen LogP contribution in [0.4, 0.5) is 0 Å². The zero-order chi connectivity index (χ0) is 35.6. The predicted octanol–water partition coefficient (Wildman–Crippen LogP) is 2.50. The fraction of sp³-hybridized carbons (Fsp3) is 0.500. The van der Waals surface area contributed by atoms with Crippen LogP contribution in [0.5, 0.6) is 11.5 Å². The molecule has 50 heavy (non-hydrogen) atoms. The molecule has 3 aromatic carbocycles. The first kappa shape index (κ1) is 36.7. The molecule has 14 heteroatoms. The highest BCUT2D eigenvalue weighted by Gasteiger charge is 2.54. The molecule has 2 atom stereocenters. The van der Waals surface area contributed by atoms with E-state index in [0.29, 0.717) is 75.4 Å². The van der Waals surface area contributed by atoms with Crippen molar-refractivity contribution >= 4 is 19.9 Å². The number of ether oxygens (including phenoxy) is 3. The van der Waals surface area contributed by atoms with E-state index in [0.717, 1.165) is 17.5 Å². The quantitative estimate of drug-likeness (QED) is 0.181. The molecule has 0 amide bonds. The van der Waals surface area contributed by atoms with E-state index in [9.17, 15) is 27.0 Å². The third-order valence-corrected chi connectivity index (χ3v) is 14.7. The lowest BCUT2D eigenvalue weighted by molar-refractivity contribution is -0.0312. The third-order valence-electron chi connectivity index (χ3n) is 10.2. The number of rotatable bonds is 15. The van der Waals surface area contributed by atoms with Gasteiger partial charge in [-0.3, -0.25) is 0 Å². The summed E-state index contributed by atoms with van der Waals surface area (Å²) in [4.78, 5) is 0.309. The summed E-state index contributed by atoms with van der Waals surface area (Å²) in [6, 6.07) is 19.0. The molecular weight excluding hydrogens is 683 g/mol. The van der Waals surface area contributed by atoms with Crippen LogP contribution in [0.1, 0.15) is 37.7 Å². The van der Waals surface area contributed by atoms with E-state index in [1.807, 2.05) is 24.3 Å². The van der Waals surface area contributed by atoms with Crippen molar-refractivity contribution in [2.45, 2.75) is 70.8 Å². The number of nitrogens with zero attached hydrogens (tertiary/aromatic N) is 1. The summed E-state index contributed by atoms with van der Waals surface area (Å²) in [5.41, 5.74) is 7.91. The van der Waals surface area contributed by atoms with Crippen molar-refractivity contribution in [3.8, 4) is 22.6 Å². The Hall–Kier alpha value is -3.08. The lowest BCUT2D eigenvalue weighted by atomic mass is 9.88. The van der Waals surface area contributed by atoms with Gasteiger partial charge in [-0.25, -0.2) is 16.8 Å². The van der Waals surface area contributed by atoms with Crippen LogP contribution in [0.2, 0.25) is 0 Å². The second kappa shape index (κ2) is 14.9. The summed E-state index contributed by atoms with van der Waals surface area (Å²) in [7, 11) is -5.88. The molecule has 6 rings (SSSR count). The number of sulfonamides is 1. The van der Waals surface area contributed by atoms with Crippen LogP contribution < -0.4 is 20.5 Å². The van der Waals surface area contributed by atoms with Gasteiger partial charge >= 0.3 is 0 Å². The molecule has 3 aliphatic rings. The highest BCUT2D eigenvalue weighted by molar-refractivity contribution is 7.93. The van der Waals surface area contributed by atoms with Crippen LogP contribution in [-0.2, 0) is 31.0 Å². The fourth-order valence-corrected chi connectivity index (χ4v) is 10.2. The van der Waals surface area contributed by atoms with Crippen molar-refractivity contribution in [3.05, 3.63) is 72.3 Å². The van der Waals surface area contributed by atoms with E-state index in [2.05, 4.69) is 5.32 Å². The van der Waals surface area contributed by atoms with Crippen LogP contribution in [0.3, 0.4) is 0 Å². The Bertz CT molecular complexity index is 1860. The van der Waals surface area contributed by atoms with Crippen LogP contribution in [0.15, 0.2) is 76.5 Å². The molecule has 2 heterocycles. The minimum absolute atomic E-state index is 0.0186. The first-order chi connectivity index (χ1) is 23.9. The van der Waals surface area contributed by atoms with E-state index < -0.39 is 42.9 Å². The van der Waals surface area contributed by atoms with Gasteiger partial charge in [0.25, 0.3) is 0 Å². The second-order valence-electron chi connectivity index (χ2n) is 13.6. The first-order valence-electron chi connectivity index (χ1n) is 17.1. The molecule has 0 unspecified atom stereocenters. The van der Waals surface area contributed by atoms with Gasteiger partial charge in [0, 0.05) is 31.2 Å². The summed E-state index contributed by atoms with van der Waals surface area (Å²) in [6.45, 7) is 1.44. The van der Waals surface area contributed by atoms with E-state index >= 15 is 0 Å². The number of sulfone groups is 1. The van der Waals surface area contributed by atoms with Crippen LogP contribution in [0, 0.1) is 0 Å². The highest BCUT2D eigenvalue weighted by atomic mass is 32.2. The molecule has 1 aliphatic carbocycles. The molecule has 12 nitrogen and oxygen atoms in total. The molecule has 3 aromatic rings. The SMILES string of the molecule is COc1ccc(S(=O)(=O)N2CCC3(CC2)C[C@H](NC[C@H](O)COc2cccc(S(=O)(=O)C4(CO)CC4)c2)CO3)cc1-c1ccc(CCN)cc1. The molecule has 3 fully saturated rings. The first-order valence-corrected chi connectivity index (χ1v) is 20.0. The van der Waals surface area contributed by atoms with Crippen molar-refractivity contribution in [2.75, 3.05) is 53.1 Å². The number of piperidine rings is 1. The average molecular weight is 730 g/mol. The number of hydrogen-bond donors (Lipinski definition) is 4. The molecular formula is C36H47N3O9S2. The Morgan fingerprint density at radius 1 is 1.00 bits per heavy atom. The Morgan fingerprint density at radius 2 is 1.74 bits per heavy atom. The van der Waals surface area contributed by atoms with E-state index in [4.69, 9.17) is 19.9 Å². The smallest absolute Gasteiger partial charge is 0.243 e. The summed E-state index contributed by atoms with van der Waals surface area (Å²) in [5.74, 6) is 0.916. The normalized spacial score (nSPS) is 20.8. The number of aliphatic hydroxyl groups excluding tert-OH is 2. The van der Waals surface area contributed by atoms with Crippen LogP contribution in [-0.4, -0.2) is 107 Å². The van der Waals surface area contributed by atoms with Crippen LogP contribution >= 0.6 is 0 Å². The Kier molecular flexibility index (Phi) is 10.9. The third kappa shape index (κ3) is 7.58. The van der Waals surface area contributed by atoms with Gasteiger partial charge in [0.15, 0.2) is 9.84 Å². The van der Waals surface area contributed by atoms with Gasteiger partial charge in [-0.1, -0.05) is 30.3 Å². The van der Waals surface area contributed by atoms with Crippen molar-refractivity contribution in [2.24, 2.45) is 5.73 Å². The monoisotopic (exact) mass is 729 g/mol. The molecule has 2 saturated heterocycles. The Morgan fingerprint density at radius 3 is 2.40 bits per heavy atom. The summed E-state index contributed by atoms with van der Waals surface area (Å²) in [6.07, 6.45) is 2.57. The minimum atomic E-state index is -3.76. The van der Waals surface area contributed by atoms with Gasteiger partial charge in [-0.15, -0.1) is 0 Å². The van der Waals surface area contributed by atoms with Crippen molar-refractivity contribution in [1.29, 1.82) is 0 Å². The second-order valence-corrected chi connectivity index (χ2v) is 17.9. The maximum atomic E-state index is 13.8. The van der Waals surface area contributed by atoms with Gasteiger partial charge < -0.3 is 35.5 Å². The number of nitrogens with one attached hydrogen (secondary N) is 1. The van der Waals surface area contributed by atoms with E-state index in [1.165, 1.54) is 16.4 Å². The highest BCUT2D eigenvalue weighted by Crippen LogP contribution is 2.46. The number of benzene rings is 3. The van der Waals surface area contributed by atoms with Gasteiger partial charge in [0.2, 0.25) is 10.0 Å². The van der Waals surface area contributed by atoms with Gasteiger partial charge in [0.1, 0.15) is 24.2 Å². The summed E-state index contributed by atoms with van der Waals surface area (Å²) < 4.78 is 71.4. The van der Waals surface area contributed by atoms with Gasteiger partial charge in [-0.2, -0.15) is 4.31 Å². The molecule has 1 saturated carbocycles. The molecule has 1 spiro atoms. The summed E-state index contributed by atoms with van der Waals surface area (Å²) in [5, 5.41) is 23.5. The zero-order valence-corrected chi connectivity index (χ0v) is 29.9. The zero-order valence-electron chi connectivity index (χ0n) is 28.3. The lowest BCUT2D eigenvalue weighted by Crippen LogP contribution is -2.47. The van der Waals surface area contributed by atoms with Gasteiger partial charge in [-0.05, 0) is 92.6 Å². The molecule has 5 N–H and O–H groups in total. The lowest BCUT2D eigenvalue weighted by Gasteiger charge is -2.38. The van der Waals surface area contributed by atoms with Crippen molar-refractivity contribution < 1.29 is 41.3 Å². The van der Waals surface area contributed by atoms with Crippen molar-refractivity contribution in [1.82, 2.24) is 9.62 Å². The largest absolute Gasteiger partial charge is 0.496 e. The predicted molar refractivity (Wildman–Crippen MR) is 188 cm³/mol. The molecule has 0 bridgehead atoms. The number of hydrogen-bond acceptors (Lipinski definition) is 11. The maximum Gasteiger partial charge on any atom is 0.243 e. The fourth-order valence-electron chi connectivity index (χ4n) is 6.88. The van der Waals surface area contributed by atoms with Crippen LogP contribution in [0.25, 0.3) is 11.1 Å². The van der Waals surface area contributed by atoms with Gasteiger partial charge in [0.05, 0.1) is 40.5 Å². The number of nitrogens with two attached hydrogens (primary N) is 1. The van der Waals surface area contributed by atoms with Crippen molar-refractivity contribution in [3.63, 3.8) is 0 Å². The topological polar surface area (TPSA) is 178 Å². The Labute approximate surface area is 294 Å². The number of aliphatic hydroxyl groups is 2. The standard InChI is InChI=1S/C36H47N3O9S2/c1-46-34-10-9-32(20-33(34)27-7-5-26(6-8-27)11-16-37)50(44,45)39-17-14-35(15-18-39)21-28(23-48-35)38-22-29(41)24-47-30-3-2-4-31(19-30)49(42,43)36(25-40)12-13-36/h2-10,19-20,28-29,38,40-41H,11-18,21-25,37H2,1H3/t28-,29-/m0/s1. The molecule has 272 valence electrons. The molecule has 0 aromatic heterocycles. The number of methoxy groups -OCH3 is 1. The summed E-state index contributed by atoms with van der Waals surface area (Å²) >= 11 is 0.